The Balaban J connectivity index is 2.38. The molecule has 0 saturated carbocycles. The standard InChI is InChI=1S/C7H14O2/c1-3-7-6(8)4-5(2)9-7/h5-8H,3-4H2,1-2H3/t5-,6-,7+/m0/s1. The summed E-state index contributed by atoms with van der Waals surface area (Å²) in [6, 6.07) is 0. The van der Waals surface area contributed by atoms with Gasteiger partial charge in [-0.1, -0.05) is 6.92 Å². The minimum atomic E-state index is -0.218. The van der Waals surface area contributed by atoms with Gasteiger partial charge in [0.25, 0.3) is 0 Å². The largest absolute Gasteiger partial charge is 0.390 e. The molecule has 0 aromatic carbocycles. The Morgan fingerprint density at radius 2 is 2.33 bits per heavy atom. The third kappa shape index (κ3) is 1.43. The molecule has 0 aromatic rings. The maximum Gasteiger partial charge on any atom is 0.0835 e. The van der Waals surface area contributed by atoms with Crippen LogP contribution in [-0.2, 0) is 4.74 Å². The number of ether oxygens (including phenoxy) is 1. The molecule has 2 nitrogen and oxygen atoms in total. The Labute approximate surface area is 55.8 Å². The maximum absolute atomic E-state index is 9.23. The monoisotopic (exact) mass is 130 g/mol. The minimum absolute atomic E-state index is 0.0972. The topological polar surface area (TPSA) is 29.5 Å². The molecule has 0 bridgehead atoms. The fourth-order valence-electron chi connectivity index (χ4n) is 1.30. The second kappa shape index (κ2) is 2.67. The summed E-state index contributed by atoms with van der Waals surface area (Å²) in [5.74, 6) is 0. The summed E-state index contributed by atoms with van der Waals surface area (Å²) < 4.78 is 5.37. The lowest BCUT2D eigenvalue weighted by Gasteiger charge is -2.09. The smallest absolute Gasteiger partial charge is 0.0835 e. The third-order valence-electron chi connectivity index (χ3n) is 1.81. The van der Waals surface area contributed by atoms with Gasteiger partial charge in [-0.2, -0.15) is 0 Å². The van der Waals surface area contributed by atoms with Gasteiger partial charge in [0.05, 0.1) is 18.3 Å². The fourth-order valence-corrected chi connectivity index (χ4v) is 1.30. The molecule has 1 N–H and O–H groups in total. The van der Waals surface area contributed by atoms with Crippen molar-refractivity contribution in [1.29, 1.82) is 0 Å². The fraction of sp³-hybridized carbons (Fsp3) is 1.00. The molecule has 1 aliphatic rings. The number of rotatable bonds is 1. The van der Waals surface area contributed by atoms with E-state index in [1.165, 1.54) is 0 Å². The molecule has 0 aromatic heterocycles. The van der Waals surface area contributed by atoms with Gasteiger partial charge >= 0.3 is 0 Å². The van der Waals surface area contributed by atoms with Gasteiger partial charge in [-0.05, 0) is 13.3 Å². The molecular formula is C7H14O2. The van der Waals surface area contributed by atoms with Gasteiger partial charge in [0.2, 0.25) is 0 Å². The van der Waals surface area contributed by atoms with Gasteiger partial charge in [0.15, 0.2) is 0 Å². The Morgan fingerprint density at radius 3 is 2.56 bits per heavy atom. The van der Waals surface area contributed by atoms with Crippen LogP contribution in [0.3, 0.4) is 0 Å². The summed E-state index contributed by atoms with van der Waals surface area (Å²) in [6.45, 7) is 4.03. The van der Waals surface area contributed by atoms with Gasteiger partial charge in [-0.15, -0.1) is 0 Å². The number of hydrogen-bond donors (Lipinski definition) is 1. The lowest BCUT2D eigenvalue weighted by atomic mass is 10.1. The molecule has 0 unspecified atom stereocenters. The van der Waals surface area contributed by atoms with Crippen molar-refractivity contribution < 1.29 is 9.84 Å². The lowest BCUT2D eigenvalue weighted by molar-refractivity contribution is 0.0144. The molecule has 1 rings (SSSR count). The Morgan fingerprint density at radius 1 is 1.67 bits per heavy atom. The first kappa shape index (κ1) is 7.03. The van der Waals surface area contributed by atoms with Gasteiger partial charge in [0, 0.05) is 6.42 Å². The van der Waals surface area contributed by atoms with Gasteiger partial charge in [0.1, 0.15) is 0 Å². The van der Waals surface area contributed by atoms with E-state index >= 15 is 0 Å². The number of aliphatic hydroxyl groups excluding tert-OH is 1. The second-order valence-corrected chi connectivity index (χ2v) is 2.70. The zero-order valence-corrected chi connectivity index (χ0v) is 6.00. The molecule has 1 fully saturated rings. The van der Waals surface area contributed by atoms with E-state index in [0.717, 1.165) is 12.8 Å². The minimum Gasteiger partial charge on any atom is -0.390 e. The Bertz CT molecular complexity index is 92.9. The molecule has 1 heterocycles. The molecule has 54 valence electrons. The van der Waals surface area contributed by atoms with Crippen LogP contribution in [0.1, 0.15) is 26.7 Å². The van der Waals surface area contributed by atoms with Crippen LogP contribution in [0, 0.1) is 0 Å². The summed E-state index contributed by atoms with van der Waals surface area (Å²) in [5, 5.41) is 9.23. The lowest BCUT2D eigenvalue weighted by Crippen LogP contribution is -2.18. The average Bonchev–Trinajstić information content (AvgIpc) is 2.10. The van der Waals surface area contributed by atoms with Crippen molar-refractivity contribution in [1.82, 2.24) is 0 Å². The SMILES string of the molecule is CC[C@H]1O[C@@H](C)C[C@@H]1O. The van der Waals surface area contributed by atoms with E-state index in [0.29, 0.717) is 0 Å². The summed E-state index contributed by atoms with van der Waals surface area (Å²) in [4.78, 5) is 0. The summed E-state index contributed by atoms with van der Waals surface area (Å²) in [5.41, 5.74) is 0. The van der Waals surface area contributed by atoms with E-state index in [1.807, 2.05) is 13.8 Å². The highest BCUT2D eigenvalue weighted by molar-refractivity contribution is 4.78. The number of aliphatic hydroxyl groups is 1. The predicted octanol–water partition coefficient (Wildman–Crippen LogP) is 0.935. The van der Waals surface area contributed by atoms with Crippen molar-refractivity contribution in [2.45, 2.75) is 45.0 Å². The van der Waals surface area contributed by atoms with Crippen LogP contribution < -0.4 is 0 Å². The van der Waals surface area contributed by atoms with E-state index < -0.39 is 0 Å². The Kier molecular flexibility index (Phi) is 2.09. The second-order valence-electron chi connectivity index (χ2n) is 2.70. The van der Waals surface area contributed by atoms with Crippen LogP contribution >= 0.6 is 0 Å². The third-order valence-corrected chi connectivity index (χ3v) is 1.81. The average molecular weight is 130 g/mol. The molecule has 1 aliphatic heterocycles. The highest BCUT2D eigenvalue weighted by Gasteiger charge is 2.29. The van der Waals surface area contributed by atoms with E-state index in [-0.39, 0.29) is 18.3 Å². The highest BCUT2D eigenvalue weighted by atomic mass is 16.5. The summed E-state index contributed by atoms with van der Waals surface area (Å²) >= 11 is 0. The first-order valence-electron chi connectivity index (χ1n) is 3.57. The zero-order valence-electron chi connectivity index (χ0n) is 6.00. The molecule has 0 amide bonds. The van der Waals surface area contributed by atoms with E-state index in [4.69, 9.17) is 4.74 Å². The van der Waals surface area contributed by atoms with Crippen molar-refractivity contribution in [2.75, 3.05) is 0 Å². The molecule has 9 heavy (non-hydrogen) atoms. The molecule has 2 heteroatoms. The van der Waals surface area contributed by atoms with Crippen LogP contribution in [0.15, 0.2) is 0 Å². The molecule has 1 saturated heterocycles. The van der Waals surface area contributed by atoms with Crippen molar-refractivity contribution >= 4 is 0 Å². The quantitative estimate of drug-likeness (QED) is 0.572. The maximum atomic E-state index is 9.23. The van der Waals surface area contributed by atoms with E-state index in [9.17, 15) is 5.11 Å². The normalized spacial score (nSPS) is 43.7. The molecule has 3 atom stereocenters. The Hall–Kier alpha value is -0.0800. The van der Waals surface area contributed by atoms with Crippen molar-refractivity contribution in [3.63, 3.8) is 0 Å². The predicted molar refractivity (Wildman–Crippen MR) is 35.2 cm³/mol. The molecular weight excluding hydrogens is 116 g/mol. The van der Waals surface area contributed by atoms with Crippen LogP contribution in [0.5, 0.6) is 0 Å². The first-order valence-corrected chi connectivity index (χ1v) is 3.57. The van der Waals surface area contributed by atoms with Gasteiger partial charge in [-0.25, -0.2) is 0 Å². The van der Waals surface area contributed by atoms with Crippen LogP contribution in [0.4, 0.5) is 0 Å². The first-order chi connectivity index (χ1) is 4.24. The van der Waals surface area contributed by atoms with E-state index in [1.54, 1.807) is 0 Å². The van der Waals surface area contributed by atoms with Crippen LogP contribution in [0.2, 0.25) is 0 Å². The van der Waals surface area contributed by atoms with Crippen LogP contribution in [-0.4, -0.2) is 23.4 Å². The van der Waals surface area contributed by atoms with Crippen molar-refractivity contribution in [2.24, 2.45) is 0 Å². The van der Waals surface area contributed by atoms with Gasteiger partial charge in [-0.3, -0.25) is 0 Å². The molecule has 0 radical (unpaired) electrons. The van der Waals surface area contributed by atoms with Crippen molar-refractivity contribution in [3.8, 4) is 0 Å². The van der Waals surface area contributed by atoms with E-state index in [2.05, 4.69) is 0 Å². The molecule has 0 aliphatic carbocycles. The van der Waals surface area contributed by atoms with Gasteiger partial charge < -0.3 is 9.84 Å². The zero-order chi connectivity index (χ0) is 6.85. The van der Waals surface area contributed by atoms with Crippen molar-refractivity contribution in [3.05, 3.63) is 0 Å². The summed E-state index contributed by atoms with van der Waals surface area (Å²) in [6.07, 6.45) is 1.86. The number of hydrogen-bond acceptors (Lipinski definition) is 2. The summed E-state index contributed by atoms with van der Waals surface area (Å²) in [7, 11) is 0. The molecule has 0 spiro atoms. The highest BCUT2D eigenvalue weighted by Crippen LogP contribution is 2.21. The van der Waals surface area contributed by atoms with Crippen LogP contribution in [0.25, 0.3) is 0 Å².